The van der Waals surface area contributed by atoms with Crippen molar-refractivity contribution in [3.8, 4) is 5.75 Å². The summed E-state index contributed by atoms with van der Waals surface area (Å²) in [6.07, 6.45) is 1.35. The maximum absolute atomic E-state index is 12.8. The lowest BCUT2D eigenvalue weighted by atomic mass is 9.99. The Kier molecular flexibility index (Phi) is 5.70. The first-order chi connectivity index (χ1) is 14.5. The highest BCUT2D eigenvalue weighted by Gasteiger charge is 2.39. The molecule has 2 aromatic carbocycles. The number of amides is 4. The number of carbonyl (C=O) groups is 3. The lowest BCUT2D eigenvalue weighted by Crippen LogP contribution is -2.41. The lowest BCUT2D eigenvalue weighted by Gasteiger charge is -2.29. The zero-order valence-corrected chi connectivity index (χ0v) is 17.0. The molecule has 0 bridgehead atoms. The largest absolute Gasteiger partial charge is 0.497 e. The highest BCUT2D eigenvalue weighted by Crippen LogP contribution is 2.20. The Labute approximate surface area is 175 Å². The Morgan fingerprint density at radius 3 is 2.57 bits per heavy atom. The van der Waals surface area contributed by atoms with Crippen molar-refractivity contribution in [1.29, 1.82) is 0 Å². The molecule has 1 saturated heterocycles. The van der Waals surface area contributed by atoms with Crippen LogP contribution in [-0.4, -0.2) is 53.9 Å². The van der Waals surface area contributed by atoms with Gasteiger partial charge >= 0.3 is 6.03 Å². The van der Waals surface area contributed by atoms with Crippen molar-refractivity contribution >= 4 is 17.8 Å². The maximum Gasteiger partial charge on any atom is 0.324 e. The summed E-state index contributed by atoms with van der Waals surface area (Å²) in [6, 6.07) is 14.4. The first-order valence-corrected chi connectivity index (χ1v) is 10.1. The lowest BCUT2D eigenvalue weighted by molar-refractivity contribution is -0.136. The number of nitrogens with one attached hydrogen (secondary N) is 1. The summed E-state index contributed by atoms with van der Waals surface area (Å²) < 4.78 is 5.14. The number of hydrogen-bond acceptors (Lipinski definition) is 4. The van der Waals surface area contributed by atoms with Gasteiger partial charge in [-0.25, -0.2) is 4.79 Å². The van der Waals surface area contributed by atoms with E-state index in [0.29, 0.717) is 19.5 Å². The third-order valence-electron chi connectivity index (χ3n) is 5.75. The summed E-state index contributed by atoms with van der Waals surface area (Å²) in [7, 11) is 1.60. The van der Waals surface area contributed by atoms with Gasteiger partial charge in [0.25, 0.3) is 5.91 Å². The molecule has 0 aliphatic carbocycles. The fraction of sp³-hybridized carbons (Fsp3) is 0.348. The number of urea groups is 1. The van der Waals surface area contributed by atoms with E-state index < -0.39 is 12.1 Å². The number of hydrogen-bond donors (Lipinski definition) is 1. The molecule has 4 rings (SSSR count). The monoisotopic (exact) mass is 407 g/mol. The molecule has 0 radical (unpaired) electrons. The third kappa shape index (κ3) is 4.15. The molecule has 0 saturated carbocycles. The standard InChI is InChI=1S/C23H25N3O4/c1-30-19-8-6-16(7-9-19)10-13-26-22(28)20(24-23(26)29)14-21(27)25-12-11-17-4-2-3-5-18(17)15-25/h2-9,20H,10-15H2,1H3,(H,24,29). The molecule has 7 nitrogen and oxygen atoms in total. The summed E-state index contributed by atoms with van der Waals surface area (Å²) in [4.78, 5) is 40.7. The van der Waals surface area contributed by atoms with E-state index in [1.54, 1.807) is 12.0 Å². The van der Waals surface area contributed by atoms with Crippen molar-refractivity contribution in [3.05, 3.63) is 65.2 Å². The minimum atomic E-state index is -0.793. The first kappa shape index (κ1) is 19.9. The molecule has 1 atom stereocenters. The van der Waals surface area contributed by atoms with Gasteiger partial charge in [-0.3, -0.25) is 14.5 Å². The second kappa shape index (κ2) is 8.57. The average molecular weight is 407 g/mol. The van der Waals surface area contributed by atoms with E-state index in [-0.39, 0.29) is 24.8 Å². The molecule has 2 aliphatic heterocycles. The van der Waals surface area contributed by atoms with Gasteiger partial charge in [0.1, 0.15) is 11.8 Å². The Morgan fingerprint density at radius 1 is 1.10 bits per heavy atom. The number of carbonyl (C=O) groups excluding carboxylic acids is 3. The van der Waals surface area contributed by atoms with Gasteiger partial charge in [0.2, 0.25) is 5.91 Å². The third-order valence-corrected chi connectivity index (χ3v) is 5.75. The van der Waals surface area contributed by atoms with Gasteiger partial charge in [-0.2, -0.15) is 0 Å². The second-order valence-electron chi connectivity index (χ2n) is 7.63. The summed E-state index contributed by atoms with van der Waals surface area (Å²) >= 11 is 0. The molecule has 30 heavy (non-hydrogen) atoms. The van der Waals surface area contributed by atoms with Crippen molar-refractivity contribution in [2.45, 2.75) is 31.8 Å². The number of fused-ring (bicyclic) bond motifs is 1. The number of rotatable bonds is 6. The molecule has 156 valence electrons. The van der Waals surface area contributed by atoms with Crippen molar-refractivity contribution in [2.75, 3.05) is 20.2 Å². The van der Waals surface area contributed by atoms with Crippen molar-refractivity contribution in [2.24, 2.45) is 0 Å². The summed E-state index contributed by atoms with van der Waals surface area (Å²) in [6.45, 7) is 1.45. The van der Waals surface area contributed by atoms with Gasteiger partial charge < -0.3 is 15.0 Å². The molecule has 2 aromatic rings. The molecule has 7 heteroatoms. The quantitative estimate of drug-likeness (QED) is 0.744. The van der Waals surface area contributed by atoms with E-state index in [0.717, 1.165) is 23.3 Å². The smallest absolute Gasteiger partial charge is 0.324 e. The van der Waals surface area contributed by atoms with Crippen LogP contribution in [0, 0.1) is 0 Å². The van der Waals surface area contributed by atoms with E-state index >= 15 is 0 Å². The highest BCUT2D eigenvalue weighted by atomic mass is 16.5. The minimum Gasteiger partial charge on any atom is -0.497 e. The summed E-state index contributed by atoms with van der Waals surface area (Å²) in [5.74, 6) is 0.312. The Bertz CT molecular complexity index is 957. The number of ether oxygens (including phenoxy) is 1. The number of nitrogens with zero attached hydrogens (tertiary/aromatic N) is 2. The van der Waals surface area contributed by atoms with Gasteiger partial charge in [0, 0.05) is 19.6 Å². The van der Waals surface area contributed by atoms with Crippen LogP contribution in [0.5, 0.6) is 5.75 Å². The molecule has 2 heterocycles. The predicted octanol–water partition coefficient (Wildman–Crippen LogP) is 2.13. The van der Waals surface area contributed by atoms with Crippen molar-refractivity contribution in [3.63, 3.8) is 0 Å². The second-order valence-corrected chi connectivity index (χ2v) is 7.63. The number of imide groups is 1. The zero-order chi connectivity index (χ0) is 21.1. The summed E-state index contributed by atoms with van der Waals surface area (Å²) in [5.41, 5.74) is 3.40. The van der Waals surface area contributed by atoms with Crippen molar-refractivity contribution in [1.82, 2.24) is 15.1 Å². The minimum absolute atomic E-state index is 0.00816. The first-order valence-electron chi connectivity index (χ1n) is 10.1. The fourth-order valence-corrected chi connectivity index (χ4v) is 3.97. The predicted molar refractivity (Wildman–Crippen MR) is 111 cm³/mol. The molecular formula is C23H25N3O4. The van der Waals surface area contributed by atoms with Crippen LogP contribution < -0.4 is 10.1 Å². The Balaban J connectivity index is 1.32. The molecule has 4 amide bonds. The van der Waals surface area contributed by atoms with Crippen LogP contribution in [0.3, 0.4) is 0 Å². The zero-order valence-electron chi connectivity index (χ0n) is 17.0. The number of methoxy groups -OCH3 is 1. The topological polar surface area (TPSA) is 79.0 Å². The molecule has 2 aliphatic rings. The van der Waals surface area contributed by atoms with Crippen LogP contribution in [0.2, 0.25) is 0 Å². The molecule has 0 aromatic heterocycles. The Hall–Kier alpha value is -3.35. The van der Waals surface area contributed by atoms with Crippen LogP contribution in [-0.2, 0) is 29.0 Å². The maximum atomic E-state index is 12.8. The SMILES string of the molecule is COc1ccc(CCN2C(=O)NC(CC(=O)N3CCc4ccccc4C3)C2=O)cc1. The molecular weight excluding hydrogens is 382 g/mol. The van der Waals surface area contributed by atoms with Crippen LogP contribution in [0.25, 0.3) is 0 Å². The van der Waals surface area contributed by atoms with Gasteiger partial charge in [0.15, 0.2) is 0 Å². The van der Waals surface area contributed by atoms with E-state index in [1.807, 2.05) is 42.5 Å². The fourth-order valence-electron chi connectivity index (χ4n) is 3.97. The van der Waals surface area contributed by atoms with Crippen LogP contribution >= 0.6 is 0 Å². The van der Waals surface area contributed by atoms with Crippen molar-refractivity contribution < 1.29 is 19.1 Å². The Morgan fingerprint density at radius 2 is 1.83 bits per heavy atom. The molecule has 1 unspecified atom stereocenters. The average Bonchev–Trinajstić information content (AvgIpc) is 3.04. The number of benzene rings is 2. The molecule has 1 fully saturated rings. The van der Waals surface area contributed by atoms with Crippen LogP contribution in [0.15, 0.2) is 48.5 Å². The van der Waals surface area contributed by atoms with E-state index in [1.165, 1.54) is 10.5 Å². The summed E-state index contributed by atoms with van der Waals surface area (Å²) in [5, 5.41) is 2.67. The van der Waals surface area contributed by atoms with Crippen LogP contribution in [0.4, 0.5) is 4.79 Å². The molecule has 1 N–H and O–H groups in total. The van der Waals surface area contributed by atoms with Gasteiger partial charge in [-0.15, -0.1) is 0 Å². The van der Waals surface area contributed by atoms with Gasteiger partial charge in [0.05, 0.1) is 13.5 Å². The molecule has 0 spiro atoms. The van der Waals surface area contributed by atoms with Crippen LogP contribution in [0.1, 0.15) is 23.1 Å². The van der Waals surface area contributed by atoms with E-state index in [9.17, 15) is 14.4 Å². The van der Waals surface area contributed by atoms with Gasteiger partial charge in [-0.1, -0.05) is 36.4 Å². The highest BCUT2D eigenvalue weighted by molar-refractivity contribution is 6.05. The van der Waals surface area contributed by atoms with E-state index in [2.05, 4.69) is 11.4 Å². The van der Waals surface area contributed by atoms with Gasteiger partial charge in [-0.05, 0) is 41.7 Å². The normalized spacial score (nSPS) is 18.2. The van der Waals surface area contributed by atoms with E-state index in [4.69, 9.17) is 4.74 Å².